The van der Waals surface area contributed by atoms with Crippen LogP contribution in [0.4, 0.5) is 0 Å². The summed E-state index contributed by atoms with van der Waals surface area (Å²) in [4.78, 5) is 22.9. The quantitative estimate of drug-likeness (QED) is 0.0188. The summed E-state index contributed by atoms with van der Waals surface area (Å²) in [5, 5.41) is 49.9. The van der Waals surface area contributed by atoms with Crippen LogP contribution in [-0.4, -0.2) is 98.9 Å². The summed E-state index contributed by atoms with van der Waals surface area (Å²) in [5.41, 5.74) is 0. The van der Waals surface area contributed by atoms with Crippen molar-refractivity contribution in [1.29, 1.82) is 0 Å². The van der Waals surface area contributed by atoms with Crippen molar-refractivity contribution in [3.05, 3.63) is 24.3 Å². The number of phosphoric acid groups is 1. The van der Waals surface area contributed by atoms with Gasteiger partial charge in [-0.05, 0) is 38.5 Å². The van der Waals surface area contributed by atoms with Crippen molar-refractivity contribution >= 4 is 13.8 Å². The second-order valence-electron chi connectivity index (χ2n) is 13.8. The average Bonchev–Trinajstić information content (AvgIpc) is 3.11. The topological polar surface area (TPSA) is 192 Å². The second kappa shape index (κ2) is 30.2. The molecular formula is C38H71O12P. The van der Waals surface area contributed by atoms with Crippen molar-refractivity contribution in [2.45, 2.75) is 191 Å². The molecular weight excluding hydrogens is 679 g/mol. The number of aliphatic hydroxyl groups is 5. The molecule has 0 aromatic rings. The number of esters is 1. The fourth-order valence-corrected chi connectivity index (χ4v) is 6.81. The molecule has 51 heavy (non-hydrogen) atoms. The Bertz CT molecular complexity index is 947. The fourth-order valence-electron chi connectivity index (χ4n) is 5.84. The highest BCUT2D eigenvalue weighted by atomic mass is 31.2. The highest BCUT2D eigenvalue weighted by Gasteiger charge is 2.51. The summed E-state index contributed by atoms with van der Waals surface area (Å²) in [6, 6.07) is 0. The van der Waals surface area contributed by atoms with Gasteiger partial charge >= 0.3 is 13.8 Å². The van der Waals surface area contributed by atoms with Crippen molar-refractivity contribution in [2.75, 3.05) is 19.8 Å². The Labute approximate surface area is 307 Å². The van der Waals surface area contributed by atoms with Crippen molar-refractivity contribution in [2.24, 2.45) is 0 Å². The minimum Gasteiger partial charge on any atom is -0.457 e. The molecule has 1 aliphatic carbocycles. The molecule has 0 heterocycles. The van der Waals surface area contributed by atoms with Crippen LogP contribution in [0.2, 0.25) is 0 Å². The highest BCUT2D eigenvalue weighted by Crippen LogP contribution is 2.47. The summed E-state index contributed by atoms with van der Waals surface area (Å²) in [6.07, 6.45) is 18.4. The molecule has 12 nitrogen and oxygen atoms in total. The van der Waals surface area contributed by atoms with Crippen LogP contribution in [0.1, 0.15) is 149 Å². The van der Waals surface area contributed by atoms with E-state index in [4.69, 9.17) is 18.5 Å². The normalized spacial score (nSPS) is 24.3. The molecule has 13 heteroatoms. The van der Waals surface area contributed by atoms with Gasteiger partial charge in [-0.2, -0.15) is 0 Å². The minimum atomic E-state index is -5.01. The highest BCUT2D eigenvalue weighted by molar-refractivity contribution is 7.47. The van der Waals surface area contributed by atoms with Crippen LogP contribution >= 0.6 is 7.82 Å². The van der Waals surface area contributed by atoms with Gasteiger partial charge in [0.1, 0.15) is 42.7 Å². The SMILES string of the molecule is CCCC/C=C\C/C=C\CCCCCCCCOCC(COP(=O)(O)OC1C(O)C(O)C(O)C(O)C1O)OC(=O)CCCCCCCCCCC. The van der Waals surface area contributed by atoms with Crippen LogP contribution in [0.15, 0.2) is 24.3 Å². The predicted molar refractivity (Wildman–Crippen MR) is 198 cm³/mol. The molecule has 0 saturated heterocycles. The van der Waals surface area contributed by atoms with Crippen LogP contribution in [-0.2, 0) is 27.9 Å². The summed E-state index contributed by atoms with van der Waals surface area (Å²) in [5.74, 6) is -0.486. The van der Waals surface area contributed by atoms with E-state index < -0.39 is 63.1 Å². The van der Waals surface area contributed by atoms with Gasteiger partial charge < -0.3 is 39.9 Å². The summed E-state index contributed by atoms with van der Waals surface area (Å²) in [7, 11) is -5.01. The van der Waals surface area contributed by atoms with E-state index in [0.29, 0.717) is 13.0 Å². The number of unbranched alkanes of at least 4 members (excludes halogenated alkanes) is 16. The molecule has 0 aromatic carbocycles. The van der Waals surface area contributed by atoms with Crippen LogP contribution < -0.4 is 0 Å². The van der Waals surface area contributed by atoms with Crippen LogP contribution in [0.3, 0.4) is 0 Å². The second-order valence-corrected chi connectivity index (χ2v) is 15.2. The summed E-state index contributed by atoms with van der Waals surface area (Å²) in [6.45, 7) is 4.14. The number of hydrogen-bond donors (Lipinski definition) is 6. The van der Waals surface area contributed by atoms with Crippen LogP contribution in [0.5, 0.6) is 0 Å². The maximum atomic E-state index is 12.7. The number of allylic oxidation sites excluding steroid dienone is 4. The number of phosphoric ester groups is 1. The van der Waals surface area contributed by atoms with Crippen molar-refractivity contribution < 1.29 is 58.3 Å². The molecule has 1 aliphatic rings. The third-order valence-electron chi connectivity index (χ3n) is 9.08. The zero-order chi connectivity index (χ0) is 37.7. The lowest BCUT2D eigenvalue weighted by Crippen LogP contribution is -2.64. The van der Waals surface area contributed by atoms with Gasteiger partial charge in [0.25, 0.3) is 0 Å². The Hall–Kier alpha value is -1.18. The number of carbonyl (C=O) groups is 1. The van der Waals surface area contributed by atoms with Crippen molar-refractivity contribution in [1.82, 2.24) is 0 Å². The number of aliphatic hydroxyl groups excluding tert-OH is 5. The zero-order valence-corrected chi connectivity index (χ0v) is 32.3. The van der Waals surface area contributed by atoms with E-state index in [1.54, 1.807) is 0 Å². The van der Waals surface area contributed by atoms with Gasteiger partial charge in [-0.1, -0.05) is 128 Å². The molecule has 0 aliphatic heterocycles. The van der Waals surface area contributed by atoms with E-state index in [0.717, 1.165) is 64.2 Å². The lowest BCUT2D eigenvalue weighted by Gasteiger charge is -2.41. The first-order valence-corrected chi connectivity index (χ1v) is 21.2. The Balaban J connectivity index is 2.46. The van der Waals surface area contributed by atoms with E-state index in [1.807, 2.05) is 0 Å². The Morgan fingerprint density at radius 3 is 1.71 bits per heavy atom. The van der Waals surface area contributed by atoms with Crippen molar-refractivity contribution in [3.63, 3.8) is 0 Å². The largest absolute Gasteiger partial charge is 0.472 e. The summed E-state index contributed by atoms with van der Waals surface area (Å²) < 4.78 is 33.9. The molecule has 1 saturated carbocycles. The molecule has 1 fully saturated rings. The van der Waals surface area contributed by atoms with Crippen molar-refractivity contribution in [3.8, 4) is 0 Å². The molecule has 300 valence electrons. The van der Waals surface area contributed by atoms with Gasteiger partial charge in [-0.3, -0.25) is 13.8 Å². The Kier molecular flexibility index (Phi) is 28.3. The lowest BCUT2D eigenvalue weighted by atomic mass is 9.85. The first kappa shape index (κ1) is 47.8. The average molecular weight is 751 g/mol. The Morgan fingerprint density at radius 1 is 0.627 bits per heavy atom. The van der Waals surface area contributed by atoms with E-state index in [2.05, 4.69) is 38.2 Å². The lowest BCUT2D eigenvalue weighted by molar-refractivity contribution is -0.220. The molecule has 0 bridgehead atoms. The van der Waals surface area contributed by atoms with Gasteiger partial charge in [-0.15, -0.1) is 0 Å². The third-order valence-corrected chi connectivity index (χ3v) is 10.1. The predicted octanol–water partition coefficient (Wildman–Crippen LogP) is 6.58. The fraction of sp³-hybridized carbons (Fsp3) is 0.868. The smallest absolute Gasteiger partial charge is 0.457 e. The number of carbonyl (C=O) groups excluding carboxylic acids is 1. The van der Waals surface area contributed by atoms with Crippen LogP contribution in [0.25, 0.3) is 0 Å². The van der Waals surface area contributed by atoms with Gasteiger partial charge in [0, 0.05) is 13.0 Å². The van der Waals surface area contributed by atoms with Crippen LogP contribution in [0, 0.1) is 0 Å². The van der Waals surface area contributed by atoms with E-state index in [9.17, 15) is 39.8 Å². The molecule has 6 N–H and O–H groups in total. The van der Waals surface area contributed by atoms with Gasteiger partial charge in [0.2, 0.25) is 0 Å². The number of ether oxygens (including phenoxy) is 2. The third kappa shape index (κ3) is 23.3. The van der Waals surface area contributed by atoms with E-state index in [-0.39, 0.29) is 13.0 Å². The standard InChI is InChI=1S/C38H71O12P/c1-3-5-7-9-11-13-14-15-16-17-18-20-22-24-26-28-47-29-31(49-32(39)27-25-23-21-19-12-10-8-6-4-2)30-48-51(45,46)50-38-36(43)34(41)33(40)35(42)37(38)44/h9,11,14-15,31,33-38,40-44H,3-8,10,12-13,16-30H2,1-2H3,(H,45,46)/b11-9-,15-14-. The zero-order valence-electron chi connectivity index (χ0n) is 31.4. The maximum absolute atomic E-state index is 12.7. The monoisotopic (exact) mass is 750 g/mol. The molecule has 1 rings (SSSR count). The number of rotatable bonds is 32. The maximum Gasteiger partial charge on any atom is 0.472 e. The van der Waals surface area contributed by atoms with Gasteiger partial charge in [-0.25, -0.2) is 4.57 Å². The Morgan fingerprint density at radius 2 is 1.12 bits per heavy atom. The summed E-state index contributed by atoms with van der Waals surface area (Å²) >= 11 is 0. The van der Waals surface area contributed by atoms with Gasteiger partial charge in [0.15, 0.2) is 0 Å². The van der Waals surface area contributed by atoms with E-state index >= 15 is 0 Å². The molecule has 0 amide bonds. The van der Waals surface area contributed by atoms with E-state index in [1.165, 1.54) is 57.8 Å². The molecule has 0 radical (unpaired) electrons. The first-order chi connectivity index (χ1) is 24.5. The van der Waals surface area contributed by atoms with Gasteiger partial charge in [0.05, 0.1) is 13.2 Å². The molecule has 0 spiro atoms. The number of hydrogen-bond acceptors (Lipinski definition) is 11. The first-order valence-electron chi connectivity index (χ1n) is 19.7. The molecule has 0 aromatic heterocycles. The minimum absolute atomic E-state index is 0.0814. The molecule has 6 unspecified atom stereocenters. The molecule has 6 atom stereocenters.